The molecule has 0 unspecified atom stereocenters. The Kier molecular flexibility index (Phi) is 3.63. The molecule has 0 aliphatic rings. The lowest BCUT2D eigenvalue weighted by atomic mass is 10.1. The van der Waals surface area contributed by atoms with Crippen LogP contribution in [0.5, 0.6) is 0 Å². The van der Waals surface area contributed by atoms with Gasteiger partial charge < -0.3 is 9.67 Å². The van der Waals surface area contributed by atoms with Crippen molar-refractivity contribution in [1.29, 1.82) is 0 Å². The van der Waals surface area contributed by atoms with E-state index in [0.717, 1.165) is 22.3 Å². The van der Waals surface area contributed by atoms with Crippen molar-refractivity contribution in [1.82, 2.24) is 19.3 Å². The molecule has 0 spiro atoms. The number of nitrogens with zero attached hydrogens (tertiary/aromatic N) is 4. The second kappa shape index (κ2) is 5.94. The minimum Gasteiger partial charge on any atom is -0.388 e. The molecule has 0 fully saturated rings. The maximum Gasteiger partial charge on any atom is 0.134 e. The highest BCUT2D eigenvalue weighted by molar-refractivity contribution is 5.92. The van der Waals surface area contributed by atoms with Crippen LogP contribution in [-0.2, 0) is 20.2 Å². The number of hydrogen-bond donors (Lipinski definition) is 1. The van der Waals surface area contributed by atoms with Gasteiger partial charge in [0, 0.05) is 12.4 Å². The topological polar surface area (TPSA) is 55.9 Å². The summed E-state index contributed by atoms with van der Waals surface area (Å²) >= 11 is 0. The van der Waals surface area contributed by atoms with Gasteiger partial charge in [0.05, 0.1) is 24.0 Å². The third-order valence-corrected chi connectivity index (χ3v) is 4.30. The molecule has 4 rings (SSSR count). The van der Waals surface area contributed by atoms with Crippen LogP contribution in [0.2, 0.25) is 0 Å². The molecule has 0 atom stereocenters. The van der Waals surface area contributed by atoms with E-state index in [1.54, 1.807) is 6.20 Å². The summed E-state index contributed by atoms with van der Waals surface area (Å²) in [5.41, 5.74) is 4.08. The molecule has 4 aromatic rings. The predicted molar refractivity (Wildman–Crippen MR) is 93.4 cm³/mol. The Labute approximate surface area is 139 Å². The van der Waals surface area contributed by atoms with Crippen LogP contribution in [0.25, 0.3) is 22.3 Å². The van der Waals surface area contributed by atoms with Crippen LogP contribution in [0.15, 0.2) is 60.8 Å². The molecule has 2 aromatic carbocycles. The molecule has 0 saturated heterocycles. The molecule has 1 N–H and O–H groups in total. The highest BCUT2D eigenvalue weighted by atomic mass is 16.3. The fourth-order valence-corrected chi connectivity index (χ4v) is 3.01. The third kappa shape index (κ3) is 2.39. The summed E-state index contributed by atoms with van der Waals surface area (Å²) in [5, 5.41) is 15.3. The largest absolute Gasteiger partial charge is 0.388 e. The number of hydrogen-bond acceptors (Lipinski definition) is 3. The van der Waals surface area contributed by atoms with E-state index in [2.05, 4.69) is 29.2 Å². The second-order valence-electron chi connectivity index (χ2n) is 5.79. The van der Waals surface area contributed by atoms with E-state index in [0.29, 0.717) is 12.4 Å². The van der Waals surface area contributed by atoms with E-state index in [1.807, 2.05) is 46.6 Å². The van der Waals surface area contributed by atoms with Crippen molar-refractivity contribution < 1.29 is 5.11 Å². The lowest BCUT2D eigenvalue weighted by Crippen LogP contribution is -2.02. The molecule has 0 aliphatic carbocycles. The van der Waals surface area contributed by atoms with E-state index in [1.165, 1.54) is 5.56 Å². The van der Waals surface area contributed by atoms with E-state index in [4.69, 9.17) is 5.10 Å². The quantitative estimate of drug-likeness (QED) is 0.629. The summed E-state index contributed by atoms with van der Waals surface area (Å²) in [5.74, 6) is 0.631. The highest BCUT2D eigenvalue weighted by Crippen LogP contribution is 2.28. The Balaban J connectivity index is 1.86. The summed E-state index contributed by atoms with van der Waals surface area (Å²) in [6, 6.07) is 18.5. The van der Waals surface area contributed by atoms with Crippen molar-refractivity contribution in [2.45, 2.75) is 13.2 Å². The van der Waals surface area contributed by atoms with Gasteiger partial charge in [-0.3, -0.25) is 4.68 Å². The Morgan fingerprint density at radius 1 is 1.00 bits per heavy atom. The number of para-hydroxylation sites is 1. The molecular weight excluding hydrogens is 300 g/mol. The first-order valence-electron chi connectivity index (χ1n) is 7.89. The fourth-order valence-electron chi connectivity index (χ4n) is 3.01. The molecule has 0 radical (unpaired) electrons. The Hall–Kier alpha value is -2.92. The first kappa shape index (κ1) is 14.7. The van der Waals surface area contributed by atoms with Gasteiger partial charge in [0.1, 0.15) is 18.1 Å². The van der Waals surface area contributed by atoms with E-state index >= 15 is 0 Å². The molecule has 0 aliphatic heterocycles. The van der Waals surface area contributed by atoms with Crippen molar-refractivity contribution in [2.24, 2.45) is 7.05 Å². The summed E-state index contributed by atoms with van der Waals surface area (Å²) in [7, 11) is 1.90. The van der Waals surface area contributed by atoms with Crippen LogP contribution in [-0.4, -0.2) is 24.4 Å². The predicted octanol–water partition coefficient (Wildman–Crippen LogP) is 2.98. The molecule has 0 bridgehead atoms. The van der Waals surface area contributed by atoms with Crippen molar-refractivity contribution in [3.05, 3.63) is 72.2 Å². The van der Waals surface area contributed by atoms with Crippen LogP contribution in [0, 0.1) is 0 Å². The second-order valence-corrected chi connectivity index (χ2v) is 5.79. The molecule has 24 heavy (non-hydrogen) atoms. The van der Waals surface area contributed by atoms with Crippen LogP contribution < -0.4 is 0 Å². The number of rotatable bonds is 4. The maximum atomic E-state index is 9.38. The van der Waals surface area contributed by atoms with Gasteiger partial charge in [0.25, 0.3) is 0 Å². The van der Waals surface area contributed by atoms with Gasteiger partial charge in [0.15, 0.2) is 0 Å². The van der Waals surface area contributed by atoms with Crippen LogP contribution in [0.1, 0.15) is 11.4 Å². The van der Waals surface area contributed by atoms with Crippen molar-refractivity contribution >= 4 is 10.9 Å². The van der Waals surface area contributed by atoms with Gasteiger partial charge >= 0.3 is 0 Å². The Morgan fingerprint density at radius 2 is 1.75 bits per heavy atom. The first-order valence-corrected chi connectivity index (χ1v) is 7.89. The molecule has 0 amide bonds. The monoisotopic (exact) mass is 318 g/mol. The van der Waals surface area contributed by atoms with Crippen molar-refractivity contribution in [2.75, 3.05) is 0 Å². The number of benzene rings is 2. The summed E-state index contributed by atoms with van der Waals surface area (Å²) < 4.78 is 3.91. The average molecular weight is 318 g/mol. The molecule has 2 heterocycles. The van der Waals surface area contributed by atoms with Gasteiger partial charge in [-0.2, -0.15) is 5.10 Å². The van der Waals surface area contributed by atoms with Crippen LogP contribution in [0.4, 0.5) is 0 Å². The summed E-state index contributed by atoms with van der Waals surface area (Å²) in [6.45, 7) is 0.630. The summed E-state index contributed by atoms with van der Waals surface area (Å²) in [4.78, 5) is 4.27. The van der Waals surface area contributed by atoms with Gasteiger partial charge in [-0.15, -0.1) is 0 Å². The normalized spacial score (nSPS) is 11.2. The van der Waals surface area contributed by atoms with Gasteiger partial charge in [-0.25, -0.2) is 4.98 Å². The van der Waals surface area contributed by atoms with E-state index in [-0.39, 0.29) is 6.61 Å². The molecule has 0 saturated carbocycles. The SMILES string of the molecule is Cn1c(-c2nn(Cc3ccccc3)c3ccccc23)cnc1CO. The molecule has 2 aromatic heterocycles. The lowest BCUT2D eigenvalue weighted by Gasteiger charge is -2.03. The molecule has 5 nitrogen and oxygen atoms in total. The van der Waals surface area contributed by atoms with Crippen molar-refractivity contribution in [3.63, 3.8) is 0 Å². The smallest absolute Gasteiger partial charge is 0.134 e. The highest BCUT2D eigenvalue weighted by Gasteiger charge is 2.16. The lowest BCUT2D eigenvalue weighted by molar-refractivity contribution is 0.267. The van der Waals surface area contributed by atoms with E-state index in [9.17, 15) is 5.11 Å². The fraction of sp³-hybridized carbons (Fsp3) is 0.158. The number of aliphatic hydroxyl groups is 1. The zero-order valence-corrected chi connectivity index (χ0v) is 13.4. The first-order chi connectivity index (χ1) is 11.8. The molecule has 5 heteroatoms. The molecular formula is C19H18N4O. The Bertz CT molecular complexity index is 985. The maximum absolute atomic E-state index is 9.38. The van der Waals surface area contributed by atoms with Crippen LogP contribution >= 0.6 is 0 Å². The number of aromatic nitrogens is 4. The minimum atomic E-state index is -0.0842. The van der Waals surface area contributed by atoms with Crippen molar-refractivity contribution in [3.8, 4) is 11.4 Å². The van der Waals surface area contributed by atoms with E-state index < -0.39 is 0 Å². The molecule has 120 valence electrons. The van der Waals surface area contributed by atoms with Gasteiger partial charge in [0.2, 0.25) is 0 Å². The summed E-state index contributed by atoms with van der Waals surface area (Å²) in [6.07, 6.45) is 1.77. The zero-order valence-electron chi connectivity index (χ0n) is 13.4. The third-order valence-electron chi connectivity index (χ3n) is 4.30. The van der Waals surface area contributed by atoms with Crippen LogP contribution in [0.3, 0.4) is 0 Å². The number of fused-ring (bicyclic) bond motifs is 1. The standard InChI is InChI=1S/C19H18N4O/c1-22-17(11-20-18(22)13-24)19-15-9-5-6-10-16(15)23(21-19)12-14-7-3-2-4-8-14/h2-11,24H,12-13H2,1H3. The Morgan fingerprint density at radius 3 is 2.50 bits per heavy atom. The average Bonchev–Trinajstić information content (AvgIpc) is 3.16. The number of imidazole rings is 1. The van der Waals surface area contributed by atoms with Gasteiger partial charge in [-0.05, 0) is 11.6 Å². The number of aliphatic hydroxyl groups excluding tert-OH is 1. The zero-order chi connectivity index (χ0) is 16.5. The minimum absolute atomic E-state index is 0.0842. The van der Waals surface area contributed by atoms with Gasteiger partial charge in [-0.1, -0.05) is 48.5 Å².